The Morgan fingerprint density at radius 1 is 0.491 bits per heavy atom. The Kier molecular flexibility index (Phi) is 38.2. The van der Waals surface area contributed by atoms with Gasteiger partial charge in [-0.15, -0.1) is 0 Å². The van der Waals surface area contributed by atoms with Gasteiger partial charge in [-0.3, -0.25) is 14.1 Å². The van der Waals surface area contributed by atoms with Crippen LogP contribution in [0.15, 0.2) is 48.6 Å². The number of esters is 2. The first-order chi connectivity index (χ1) is 25.8. The molecule has 308 valence electrons. The van der Waals surface area contributed by atoms with E-state index in [1.807, 2.05) is 6.08 Å². The fourth-order valence-corrected chi connectivity index (χ4v) is 6.26. The maximum Gasteiger partial charge on any atom is 0.469 e. The van der Waals surface area contributed by atoms with E-state index in [9.17, 15) is 14.2 Å². The summed E-state index contributed by atoms with van der Waals surface area (Å²) in [4.78, 5) is 42.8. The van der Waals surface area contributed by atoms with Gasteiger partial charge in [-0.2, -0.15) is 0 Å². The molecular weight excluding hydrogens is 687 g/mol. The van der Waals surface area contributed by atoms with E-state index in [0.717, 1.165) is 38.5 Å². The van der Waals surface area contributed by atoms with Gasteiger partial charge < -0.3 is 19.3 Å². The molecular formula is C44H79O8P. The molecule has 0 unspecified atom stereocenters. The molecule has 1 atom stereocenters. The van der Waals surface area contributed by atoms with E-state index < -0.39 is 32.5 Å². The first-order valence-corrected chi connectivity index (χ1v) is 23.0. The Labute approximate surface area is 324 Å². The smallest absolute Gasteiger partial charge is 0.462 e. The minimum Gasteiger partial charge on any atom is -0.462 e. The maximum absolute atomic E-state index is 12.4. The van der Waals surface area contributed by atoms with Gasteiger partial charge in [-0.05, 0) is 51.4 Å². The van der Waals surface area contributed by atoms with Crippen LogP contribution in [0, 0.1) is 0 Å². The molecule has 0 radical (unpaired) electrons. The summed E-state index contributed by atoms with van der Waals surface area (Å²) in [5, 5.41) is 0. The summed E-state index contributed by atoms with van der Waals surface area (Å²) in [6.07, 6.45) is 48.4. The van der Waals surface area contributed by atoms with E-state index in [0.29, 0.717) is 12.8 Å². The summed E-state index contributed by atoms with van der Waals surface area (Å²) in [6.45, 7) is 3.64. The molecule has 0 spiro atoms. The Hall–Kier alpha value is -1.99. The zero-order valence-corrected chi connectivity index (χ0v) is 34.8. The number of hydrogen-bond acceptors (Lipinski definition) is 6. The van der Waals surface area contributed by atoms with Crippen molar-refractivity contribution >= 4 is 19.8 Å². The highest BCUT2D eigenvalue weighted by molar-refractivity contribution is 7.46. The number of phosphoric ester groups is 1. The van der Waals surface area contributed by atoms with Crippen molar-refractivity contribution in [2.45, 2.75) is 206 Å². The quantitative estimate of drug-likeness (QED) is 0.0275. The van der Waals surface area contributed by atoms with Crippen LogP contribution in [0.2, 0.25) is 0 Å². The molecule has 0 bridgehead atoms. The van der Waals surface area contributed by atoms with Crippen molar-refractivity contribution in [1.29, 1.82) is 0 Å². The molecule has 8 nitrogen and oxygen atoms in total. The van der Waals surface area contributed by atoms with Gasteiger partial charge in [-0.25, -0.2) is 4.57 Å². The average Bonchev–Trinajstić information content (AvgIpc) is 3.13. The number of hydrogen-bond donors (Lipinski definition) is 2. The Bertz CT molecular complexity index is 999. The molecule has 0 rings (SSSR count). The lowest BCUT2D eigenvalue weighted by molar-refractivity contribution is -0.161. The number of ether oxygens (including phenoxy) is 2. The monoisotopic (exact) mass is 767 g/mol. The van der Waals surface area contributed by atoms with Gasteiger partial charge in [0.25, 0.3) is 0 Å². The van der Waals surface area contributed by atoms with E-state index in [2.05, 4.69) is 60.9 Å². The van der Waals surface area contributed by atoms with E-state index in [1.54, 1.807) is 0 Å². The molecule has 0 aromatic rings. The van der Waals surface area contributed by atoms with Crippen LogP contribution in [0.1, 0.15) is 200 Å². The Morgan fingerprint density at radius 3 is 1.32 bits per heavy atom. The third-order valence-corrected chi connectivity index (χ3v) is 9.59. The number of rotatable bonds is 39. The van der Waals surface area contributed by atoms with Crippen LogP contribution in [0.4, 0.5) is 0 Å². The van der Waals surface area contributed by atoms with Crippen molar-refractivity contribution in [3.05, 3.63) is 48.6 Å². The van der Waals surface area contributed by atoms with Gasteiger partial charge in [-0.1, -0.05) is 184 Å². The highest BCUT2D eigenvalue weighted by atomic mass is 31.2. The van der Waals surface area contributed by atoms with Gasteiger partial charge in [0, 0.05) is 12.8 Å². The van der Waals surface area contributed by atoms with E-state index in [4.69, 9.17) is 19.3 Å². The Morgan fingerprint density at radius 2 is 0.868 bits per heavy atom. The van der Waals surface area contributed by atoms with Gasteiger partial charge in [0.15, 0.2) is 6.10 Å². The molecule has 0 aliphatic heterocycles. The first-order valence-electron chi connectivity index (χ1n) is 21.4. The van der Waals surface area contributed by atoms with Crippen LogP contribution in [0.25, 0.3) is 0 Å². The van der Waals surface area contributed by atoms with Crippen LogP contribution in [0.3, 0.4) is 0 Å². The van der Waals surface area contributed by atoms with Crippen LogP contribution < -0.4 is 0 Å². The first kappa shape index (κ1) is 51.0. The normalized spacial score (nSPS) is 12.9. The number of allylic oxidation sites excluding steroid dienone is 8. The van der Waals surface area contributed by atoms with Gasteiger partial charge in [0.2, 0.25) is 0 Å². The minimum absolute atomic E-state index is 0.137. The predicted molar refractivity (Wildman–Crippen MR) is 221 cm³/mol. The molecule has 0 saturated carbocycles. The second-order valence-corrected chi connectivity index (χ2v) is 15.6. The average molecular weight is 767 g/mol. The molecule has 0 aromatic carbocycles. The van der Waals surface area contributed by atoms with Crippen molar-refractivity contribution in [2.75, 3.05) is 13.2 Å². The molecule has 9 heteroatoms. The molecule has 0 amide bonds. The van der Waals surface area contributed by atoms with Gasteiger partial charge >= 0.3 is 19.8 Å². The third-order valence-electron chi connectivity index (χ3n) is 9.10. The summed E-state index contributed by atoms with van der Waals surface area (Å²) in [6, 6.07) is 0. The highest BCUT2D eigenvalue weighted by Gasteiger charge is 2.22. The minimum atomic E-state index is -4.77. The number of unbranched alkanes of at least 4 members (excludes halogenated alkanes) is 21. The molecule has 0 fully saturated rings. The zero-order chi connectivity index (χ0) is 38.9. The summed E-state index contributed by atoms with van der Waals surface area (Å²) in [5.41, 5.74) is 0. The van der Waals surface area contributed by atoms with Crippen molar-refractivity contribution in [1.82, 2.24) is 0 Å². The maximum atomic E-state index is 12.4. The standard InChI is InChI=1S/C44H79O8P/c1-3-5-7-9-11-13-15-17-19-20-21-22-23-24-25-27-29-31-33-35-37-39-44(46)52-42(41-51-53(47,48)49)40-50-43(45)38-36-34-32-30-28-26-18-16-14-12-10-8-6-4-2/h19-20,22-23,25,27,31,33,42H,3-18,21,24,26,28-30,32,34-41H2,1-2H3,(H2,47,48,49)/b20-19+,23-22+,27-25+,33-31+/t42-/m1/s1. The molecule has 53 heavy (non-hydrogen) atoms. The molecule has 0 heterocycles. The summed E-state index contributed by atoms with van der Waals surface area (Å²) in [5.74, 6) is -0.946. The topological polar surface area (TPSA) is 119 Å². The SMILES string of the molecule is CCCCCCCCC/C=C/C/C=C/C/C=C/C/C=C/CCCC(=O)O[C@H](COC(=O)CCCCCCCCCCCCCCCC)COP(=O)(O)O. The van der Waals surface area contributed by atoms with Crippen LogP contribution >= 0.6 is 7.82 Å². The lowest BCUT2D eigenvalue weighted by Gasteiger charge is -2.18. The highest BCUT2D eigenvalue weighted by Crippen LogP contribution is 2.36. The second-order valence-electron chi connectivity index (χ2n) is 14.3. The molecule has 0 aliphatic rings. The van der Waals surface area contributed by atoms with E-state index in [1.165, 1.54) is 122 Å². The second kappa shape index (κ2) is 39.7. The molecule has 0 aromatic heterocycles. The number of carbonyl (C=O) groups is 2. The Balaban J connectivity index is 4.01. The van der Waals surface area contributed by atoms with Crippen LogP contribution in [0.5, 0.6) is 0 Å². The lowest BCUT2D eigenvalue weighted by atomic mass is 10.0. The fourth-order valence-electron chi connectivity index (χ4n) is 5.90. The molecule has 0 aliphatic carbocycles. The van der Waals surface area contributed by atoms with Crippen LogP contribution in [-0.4, -0.2) is 41.0 Å². The number of phosphoric acid groups is 1. The summed E-state index contributed by atoms with van der Waals surface area (Å²) >= 11 is 0. The van der Waals surface area contributed by atoms with Crippen molar-refractivity contribution < 1.29 is 37.9 Å². The van der Waals surface area contributed by atoms with E-state index in [-0.39, 0.29) is 19.4 Å². The van der Waals surface area contributed by atoms with Crippen molar-refractivity contribution in [2.24, 2.45) is 0 Å². The van der Waals surface area contributed by atoms with Crippen molar-refractivity contribution in [3.63, 3.8) is 0 Å². The molecule has 2 N–H and O–H groups in total. The zero-order valence-electron chi connectivity index (χ0n) is 33.9. The lowest BCUT2D eigenvalue weighted by Crippen LogP contribution is -2.29. The predicted octanol–water partition coefficient (Wildman–Crippen LogP) is 13.1. The third kappa shape index (κ3) is 42.6. The van der Waals surface area contributed by atoms with E-state index >= 15 is 0 Å². The fraction of sp³-hybridized carbons (Fsp3) is 0.773. The largest absolute Gasteiger partial charge is 0.469 e. The summed E-state index contributed by atoms with van der Waals surface area (Å²) in [7, 11) is -4.77. The number of carbonyl (C=O) groups excluding carboxylic acids is 2. The van der Waals surface area contributed by atoms with Gasteiger partial charge in [0.05, 0.1) is 6.61 Å². The van der Waals surface area contributed by atoms with Crippen molar-refractivity contribution in [3.8, 4) is 0 Å². The molecule has 0 saturated heterocycles. The summed E-state index contributed by atoms with van der Waals surface area (Å²) < 4.78 is 26.3. The van der Waals surface area contributed by atoms with Gasteiger partial charge in [0.1, 0.15) is 6.61 Å². The van der Waals surface area contributed by atoms with Crippen LogP contribution in [-0.2, 0) is 28.2 Å².